The number of nitrogens with two attached hydrogens (primary N) is 2. The number of pyridine rings is 2. The van der Waals surface area contributed by atoms with Gasteiger partial charge < -0.3 is 16.9 Å². The number of anilines is 1. The summed E-state index contributed by atoms with van der Waals surface area (Å²) < 4.78 is 0. The zero-order valence-electron chi connectivity index (χ0n) is 11.2. The number of carbonyl (C=O) groups excluding carboxylic acids is 1. The number of amidine groups is 1. The smallest absolute Gasteiger partial charge is 0.154 e. The molecule has 0 spiro atoms. The van der Waals surface area contributed by atoms with Crippen molar-refractivity contribution in [2.75, 3.05) is 5.73 Å². The summed E-state index contributed by atoms with van der Waals surface area (Å²) in [5.74, 6) is 0.922. The molecule has 0 saturated heterocycles. The third kappa shape index (κ3) is 3.47. The van der Waals surface area contributed by atoms with Gasteiger partial charge in [-0.3, -0.25) is 4.79 Å². The van der Waals surface area contributed by atoms with Crippen molar-refractivity contribution in [1.82, 2.24) is 9.97 Å². The third-order valence-electron chi connectivity index (χ3n) is 2.72. The van der Waals surface area contributed by atoms with E-state index in [1.54, 1.807) is 30.6 Å². The van der Waals surface area contributed by atoms with E-state index in [9.17, 15) is 4.79 Å². The van der Waals surface area contributed by atoms with Crippen molar-refractivity contribution in [2.24, 2.45) is 10.7 Å². The number of aromatic nitrogens is 2. The molecule has 5 N–H and O–H groups in total. The first-order valence-electron chi connectivity index (χ1n) is 6.13. The van der Waals surface area contributed by atoms with Crippen molar-refractivity contribution >= 4 is 30.0 Å². The Labute approximate surface area is 121 Å². The van der Waals surface area contributed by atoms with Crippen LogP contribution in [0.4, 0.5) is 11.6 Å². The average Bonchev–Trinajstić information content (AvgIpc) is 2.48. The van der Waals surface area contributed by atoms with Crippen LogP contribution in [-0.4, -0.2) is 28.3 Å². The summed E-state index contributed by atoms with van der Waals surface area (Å²) >= 11 is 0. The quantitative estimate of drug-likeness (QED) is 0.435. The molecule has 0 aliphatic heterocycles. The number of aldehydes is 1. The van der Waals surface area contributed by atoms with Crippen molar-refractivity contribution in [1.29, 1.82) is 5.41 Å². The van der Waals surface area contributed by atoms with E-state index in [1.165, 1.54) is 6.21 Å². The Bertz CT molecular complexity index is 710. The van der Waals surface area contributed by atoms with Gasteiger partial charge in [0.15, 0.2) is 12.1 Å². The molecule has 0 aliphatic carbocycles. The minimum Gasteiger partial charge on any atom is -0.387 e. The van der Waals surface area contributed by atoms with Gasteiger partial charge in [0, 0.05) is 30.6 Å². The molecule has 0 atom stereocenters. The van der Waals surface area contributed by atoms with Gasteiger partial charge in [0.2, 0.25) is 0 Å². The Hall–Kier alpha value is -3.09. The molecule has 0 aliphatic rings. The highest BCUT2D eigenvalue weighted by atomic mass is 16.1. The van der Waals surface area contributed by atoms with E-state index in [0.29, 0.717) is 23.5 Å². The molecular weight excluding hydrogens is 268 g/mol. The summed E-state index contributed by atoms with van der Waals surface area (Å²) in [6.45, 7) is 0. The molecule has 0 unspecified atom stereocenters. The highest BCUT2D eigenvalue weighted by Gasteiger charge is 2.05. The summed E-state index contributed by atoms with van der Waals surface area (Å²) in [4.78, 5) is 23.1. The van der Waals surface area contributed by atoms with Gasteiger partial charge in [-0.1, -0.05) is 0 Å². The van der Waals surface area contributed by atoms with E-state index in [-0.39, 0.29) is 12.2 Å². The highest BCUT2D eigenvalue weighted by Crippen LogP contribution is 2.23. The minimum absolute atomic E-state index is 0.191. The Morgan fingerprint density at radius 1 is 1.33 bits per heavy atom. The number of hydrogen-bond donors (Lipinski definition) is 3. The monoisotopic (exact) mass is 282 g/mol. The maximum Gasteiger partial charge on any atom is 0.154 e. The number of nitrogens with one attached hydrogen (secondary N) is 1. The van der Waals surface area contributed by atoms with Crippen LogP contribution in [0.15, 0.2) is 35.6 Å². The molecule has 7 heteroatoms. The summed E-state index contributed by atoms with van der Waals surface area (Å²) in [5, 5.41) is 6.98. The predicted molar refractivity (Wildman–Crippen MR) is 82.0 cm³/mol. The molecule has 0 saturated carbocycles. The van der Waals surface area contributed by atoms with Crippen LogP contribution in [0.25, 0.3) is 11.1 Å². The first kappa shape index (κ1) is 14.3. The standard InChI is InChI=1S/C14H14N6O/c15-3-1-12(16)20-13-6-9(2-4-18-13)10-5-11(8-21)14(17)19-7-10/h2-8,15H,1H2,(H2,17,19)(H2,16,18,20). The molecular formula is C14H14N6O. The normalized spacial score (nSPS) is 11.1. The molecule has 0 amide bonds. The van der Waals surface area contributed by atoms with E-state index < -0.39 is 0 Å². The lowest BCUT2D eigenvalue weighted by Crippen LogP contribution is -2.11. The van der Waals surface area contributed by atoms with Crippen molar-refractivity contribution in [2.45, 2.75) is 6.42 Å². The maximum absolute atomic E-state index is 10.9. The second-order valence-corrected chi connectivity index (χ2v) is 4.23. The van der Waals surface area contributed by atoms with Crippen LogP contribution in [0.3, 0.4) is 0 Å². The second kappa shape index (κ2) is 6.38. The molecule has 2 aromatic rings. The fourth-order valence-electron chi connectivity index (χ4n) is 1.70. The summed E-state index contributed by atoms with van der Waals surface area (Å²) in [7, 11) is 0. The van der Waals surface area contributed by atoms with Gasteiger partial charge >= 0.3 is 0 Å². The van der Waals surface area contributed by atoms with Crippen molar-refractivity contribution < 1.29 is 4.79 Å². The fraction of sp³-hybridized carbons (Fsp3) is 0.0714. The zero-order chi connectivity index (χ0) is 15.2. The Morgan fingerprint density at radius 2 is 2.14 bits per heavy atom. The van der Waals surface area contributed by atoms with Crippen molar-refractivity contribution in [3.63, 3.8) is 0 Å². The molecule has 0 fully saturated rings. The van der Waals surface area contributed by atoms with Crippen LogP contribution in [-0.2, 0) is 0 Å². The van der Waals surface area contributed by atoms with Gasteiger partial charge in [-0.25, -0.2) is 15.0 Å². The molecule has 0 bridgehead atoms. The lowest BCUT2D eigenvalue weighted by atomic mass is 10.1. The Balaban J connectivity index is 2.39. The van der Waals surface area contributed by atoms with E-state index >= 15 is 0 Å². The number of hydrogen-bond acceptors (Lipinski definition) is 6. The number of nitrogen functional groups attached to an aromatic ring is 1. The summed E-state index contributed by atoms with van der Waals surface area (Å²) in [6.07, 6.45) is 5.26. The van der Waals surface area contributed by atoms with Gasteiger partial charge in [0.1, 0.15) is 11.7 Å². The number of nitrogens with zero attached hydrogens (tertiary/aromatic N) is 3. The van der Waals surface area contributed by atoms with Gasteiger partial charge in [-0.05, 0) is 23.8 Å². The summed E-state index contributed by atoms with van der Waals surface area (Å²) in [6, 6.07) is 5.14. The second-order valence-electron chi connectivity index (χ2n) is 4.23. The summed E-state index contributed by atoms with van der Waals surface area (Å²) in [5.41, 5.74) is 13.1. The molecule has 0 aromatic carbocycles. The van der Waals surface area contributed by atoms with Gasteiger partial charge in [0.05, 0.1) is 5.56 Å². The first-order chi connectivity index (χ1) is 10.1. The van der Waals surface area contributed by atoms with Crippen LogP contribution in [0.1, 0.15) is 16.8 Å². The highest BCUT2D eigenvalue weighted by molar-refractivity contribution is 5.93. The topological polar surface area (TPSA) is 131 Å². The Morgan fingerprint density at radius 3 is 2.86 bits per heavy atom. The maximum atomic E-state index is 10.9. The first-order valence-corrected chi connectivity index (χ1v) is 6.13. The molecule has 21 heavy (non-hydrogen) atoms. The van der Waals surface area contributed by atoms with Crippen molar-refractivity contribution in [3.8, 4) is 11.1 Å². The molecule has 2 heterocycles. The van der Waals surface area contributed by atoms with Gasteiger partial charge in [-0.15, -0.1) is 0 Å². The number of carbonyl (C=O) groups is 1. The van der Waals surface area contributed by atoms with E-state index in [1.807, 2.05) is 0 Å². The zero-order valence-corrected chi connectivity index (χ0v) is 11.2. The van der Waals surface area contributed by atoms with Crippen LogP contribution in [0, 0.1) is 5.41 Å². The van der Waals surface area contributed by atoms with E-state index in [4.69, 9.17) is 16.9 Å². The molecule has 7 nitrogen and oxygen atoms in total. The average molecular weight is 282 g/mol. The molecule has 2 aromatic heterocycles. The number of rotatable bonds is 5. The van der Waals surface area contributed by atoms with Crippen LogP contribution in [0.5, 0.6) is 0 Å². The van der Waals surface area contributed by atoms with E-state index in [0.717, 1.165) is 11.1 Å². The molecule has 0 radical (unpaired) electrons. The Kier molecular flexibility index (Phi) is 4.35. The van der Waals surface area contributed by atoms with Crippen molar-refractivity contribution in [3.05, 3.63) is 36.2 Å². The largest absolute Gasteiger partial charge is 0.387 e. The van der Waals surface area contributed by atoms with Crippen LogP contribution >= 0.6 is 0 Å². The predicted octanol–water partition coefficient (Wildman–Crippen LogP) is 1.57. The van der Waals surface area contributed by atoms with Crippen LogP contribution in [0.2, 0.25) is 0 Å². The molecule has 2 rings (SSSR count). The fourth-order valence-corrected chi connectivity index (χ4v) is 1.70. The van der Waals surface area contributed by atoms with Crippen LogP contribution < -0.4 is 11.5 Å². The third-order valence-corrected chi connectivity index (χ3v) is 2.72. The van der Waals surface area contributed by atoms with E-state index in [2.05, 4.69) is 15.0 Å². The number of aliphatic imine (C=N–C) groups is 1. The lowest BCUT2D eigenvalue weighted by Gasteiger charge is -2.05. The van der Waals surface area contributed by atoms with Gasteiger partial charge in [0.25, 0.3) is 0 Å². The SMILES string of the molecule is N=CCC(N)=Nc1cc(-c2cnc(N)c(C=O)c2)ccn1. The lowest BCUT2D eigenvalue weighted by molar-refractivity contribution is 0.112. The minimum atomic E-state index is 0.191. The van der Waals surface area contributed by atoms with Gasteiger partial charge in [-0.2, -0.15) is 0 Å². The molecule has 106 valence electrons.